The molecule has 4 rings (SSSR count). The summed E-state index contributed by atoms with van der Waals surface area (Å²) in [6.45, 7) is 4.39. The number of aromatic nitrogens is 1. The van der Waals surface area contributed by atoms with Crippen molar-refractivity contribution in [2.45, 2.75) is 88.5 Å². The van der Waals surface area contributed by atoms with Crippen LogP contribution in [0.2, 0.25) is 0 Å². The number of benzene rings is 1. The van der Waals surface area contributed by atoms with Crippen molar-refractivity contribution in [1.29, 1.82) is 0 Å². The van der Waals surface area contributed by atoms with Crippen LogP contribution in [0.4, 0.5) is 35.1 Å². The number of likely N-dealkylation sites (tertiary alicyclic amines) is 1. The second kappa shape index (κ2) is 12.2. The quantitative estimate of drug-likeness (QED) is 0.395. The third-order valence-electron chi connectivity index (χ3n) is 7.54. The lowest BCUT2D eigenvalue weighted by molar-refractivity contribution is -0.167. The van der Waals surface area contributed by atoms with Crippen molar-refractivity contribution in [2.75, 3.05) is 13.1 Å². The fourth-order valence-corrected chi connectivity index (χ4v) is 5.50. The number of ether oxygens (including phenoxy) is 1. The Morgan fingerprint density at radius 1 is 1.15 bits per heavy atom. The summed E-state index contributed by atoms with van der Waals surface area (Å²) in [4.78, 5) is 18.5. The number of hydrogen-bond donors (Lipinski definition) is 1. The van der Waals surface area contributed by atoms with E-state index in [-0.39, 0.29) is 31.8 Å². The molecule has 13 heteroatoms. The minimum atomic E-state index is -5.09. The summed E-state index contributed by atoms with van der Waals surface area (Å²) >= 11 is 0. The maximum Gasteiger partial charge on any atom is 0.418 e. The molecule has 0 unspecified atom stereocenters. The first-order valence-electron chi connectivity index (χ1n) is 13.4. The van der Waals surface area contributed by atoms with Crippen LogP contribution in [-0.4, -0.2) is 65.3 Å². The van der Waals surface area contributed by atoms with Gasteiger partial charge in [0, 0.05) is 43.4 Å². The minimum absolute atomic E-state index is 0.0575. The molecule has 1 aliphatic heterocycles. The van der Waals surface area contributed by atoms with Crippen LogP contribution in [-0.2, 0) is 22.1 Å². The number of carbonyl (C=O) groups is 1. The van der Waals surface area contributed by atoms with Gasteiger partial charge in [-0.3, -0.25) is 14.7 Å². The lowest BCUT2D eigenvalue weighted by atomic mass is 9.88. The smallest absolute Gasteiger partial charge is 0.369 e. The van der Waals surface area contributed by atoms with Crippen molar-refractivity contribution in [3.8, 4) is 11.3 Å². The van der Waals surface area contributed by atoms with E-state index in [1.807, 2.05) is 18.7 Å². The number of nitrogens with zero attached hydrogens (tertiary/aromatic N) is 2. The van der Waals surface area contributed by atoms with Gasteiger partial charge in [0.1, 0.15) is 23.8 Å². The van der Waals surface area contributed by atoms with Gasteiger partial charge in [-0.1, -0.05) is 0 Å². The molecule has 41 heavy (non-hydrogen) atoms. The first kappa shape index (κ1) is 31.1. The highest BCUT2D eigenvalue weighted by Gasteiger charge is 2.50. The van der Waals surface area contributed by atoms with Crippen molar-refractivity contribution in [1.82, 2.24) is 15.2 Å². The van der Waals surface area contributed by atoms with Gasteiger partial charge in [-0.05, 0) is 56.9 Å². The molecule has 0 bridgehead atoms. The lowest BCUT2D eigenvalue weighted by Crippen LogP contribution is -2.59. The molecule has 0 spiro atoms. The van der Waals surface area contributed by atoms with Crippen LogP contribution in [0.15, 0.2) is 30.5 Å². The van der Waals surface area contributed by atoms with Gasteiger partial charge in [-0.25, -0.2) is 22.0 Å². The summed E-state index contributed by atoms with van der Waals surface area (Å²) < 4.78 is 121. The van der Waals surface area contributed by atoms with Crippen LogP contribution in [0.25, 0.3) is 11.3 Å². The van der Waals surface area contributed by atoms with Gasteiger partial charge in [0.05, 0.1) is 29.9 Å². The third kappa shape index (κ3) is 7.35. The molecule has 1 saturated carbocycles. The van der Waals surface area contributed by atoms with Crippen molar-refractivity contribution >= 4 is 5.91 Å². The van der Waals surface area contributed by atoms with Gasteiger partial charge in [-0.2, -0.15) is 13.2 Å². The average molecular weight is 594 g/mol. The number of hydrogen-bond acceptors (Lipinski definition) is 4. The van der Waals surface area contributed by atoms with E-state index < -0.39 is 89.3 Å². The maximum absolute atomic E-state index is 15.0. The minimum Gasteiger partial charge on any atom is -0.369 e. The Kier molecular flexibility index (Phi) is 9.27. The van der Waals surface area contributed by atoms with E-state index in [0.717, 1.165) is 12.3 Å². The molecule has 1 aromatic carbocycles. The van der Waals surface area contributed by atoms with Crippen LogP contribution < -0.4 is 5.32 Å². The molecule has 4 atom stereocenters. The molecular formula is C28H31F8N3O2. The van der Waals surface area contributed by atoms with Gasteiger partial charge in [0.15, 0.2) is 0 Å². The lowest BCUT2D eigenvalue weighted by Gasteiger charge is -2.42. The Morgan fingerprint density at radius 2 is 1.83 bits per heavy atom. The van der Waals surface area contributed by atoms with E-state index in [0.29, 0.717) is 24.7 Å². The largest absolute Gasteiger partial charge is 0.418 e. The third-order valence-corrected chi connectivity index (χ3v) is 7.54. The van der Waals surface area contributed by atoms with Gasteiger partial charge in [0.2, 0.25) is 5.91 Å². The Bertz CT molecular complexity index is 1220. The molecular weight excluding hydrogens is 562 g/mol. The summed E-state index contributed by atoms with van der Waals surface area (Å²) in [5.74, 6) is -6.86. The van der Waals surface area contributed by atoms with E-state index in [9.17, 15) is 31.1 Å². The highest BCUT2D eigenvalue weighted by atomic mass is 19.4. The van der Waals surface area contributed by atoms with E-state index in [2.05, 4.69) is 10.3 Å². The van der Waals surface area contributed by atoms with Gasteiger partial charge < -0.3 is 10.1 Å². The Labute approximate surface area is 232 Å². The fourth-order valence-electron chi connectivity index (χ4n) is 5.50. The summed E-state index contributed by atoms with van der Waals surface area (Å²) in [6.07, 6.45) is -8.94. The molecule has 1 saturated heterocycles. The van der Waals surface area contributed by atoms with E-state index in [1.165, 1.54) is 0 Å². The van der Waals surface area contributed by atoms with Crippen molar-refractivity contribution < 1.29 is 44.7 Å². The first-order chi connectivity index (χ1) is 19.2. The van der Waals surface area contributed by atoms with Crippen molar-refractivity contribution in [3.63, 3.8) is 0 Å². The second-order valence-corrected chi connectivity index (χ2v) is 10.8. The molecule has 226 valence electrons. The zero-order valence-electron chi connectivity index (χ0n) is 22.5. The number of halogens is 8. The molecule has 5 nitrogen and oxygen atoms in total. The fraction of sp³-hybridized carbons (Fsp3) is 0.571. The number of rotatable bonds is 7. The summed E-state index contributed by atoms with van der Waals surface area (Å²) in [5.41, 5.74) is -3.35. The van der Waals surface area contributed by atoms with Gasteiger partial charge in [0.25, 0.3) is 5.92 Å². The molecule has 0 radical (unpaired) electrons. The summed E-state index contributed by atoms with van der Waals surface area (Å²) in [6, 6.07) is 0.917. The molecule has 2 fully saturated rings. The first-order valence-corrected chi connectivity index (χ1v) is 13.4. The van der Waals surface area contributed by atoms with E-state index in [4.69, 9.17) is 4.74 Å². The van der Waals surface area contributed by atoms with Crippen LogP contribution in [0.1, 0.15) is 50.7 Å². The molecule has 2 aliphatic rings. The number of carbonyl (C=O) groups excluding carboxylic acids is 1. The number of piperidine rings is 1. The Balaban J connectivity index is 1.55. The maximum atomic E-state index is 15.0. The topological polar surface area (TPSA) is 54.5 Å². The molecule has 1 aromatic heterocycles. The summed E-state index contributed by atoms with van der Waals surface area (Å²) in [7, 11) is 0. The van der Waals surface area contributed by atoms with Crippen molar-refractivity contribution in [2.24, 2.45) is 0 Å². The van der Waals surface area contributed by atoms with Crippen LogP contribution in [0.3, 0.4) is 0 Å². The number of amides is 1. The standard InChI is InChI=1S/C28H31F8N3O2/c1-15(2)39-9-6-21(20(31)14-39)41-22-4-3-7-27(32,33)26(22)38-23(40)12-16-5-8-37-25(24(16)28(34,35)36)17-10-18(29)13-19(30)11-17/h5,8,10-11,13,15,20-22,26H,3-4,6-7,9,12,14H2,1-2H3,(H,38,40)/t20-,21+,22+,26-/m1/s1. The molecule has 2 aromatic rings. The molecule has 1 aliphatic carbocycles. The van der Waals surface area contributed by atoms with Crippen LogP contribution in [0.5, 0.6) is 0 Å². The van der Waals surface area contributed by atoms with Gasteiger partial charge in [-0.15, -0.1) is 0 Å². The van der Waals surface area contributed by atoms with Crippen molar-refractivity contribution in [3.05, 3.63) is 53.2 Å². The number of alkyl halides is 6. The number of pyridine rings is 1. The average Bonchev–Trinajstić information content (AvgIpc) is 2.85. The van der Waals surface area contributed by atoms with E-state index >= 15 is 8.78 Å². The molecule has 2 heterocycles. The molecule has 1 amide bonds. The second-order valence-electron chi connectivity index (χ2n) is 10.8. The normalized spacial score (nSPS) is 25.3. The highest BCUT2D eigenvalue weighted by Crippen LogP contribution is 2.40. The predicted molar refractivity (Wildman–Crippen MR) is 134 cm³/mol. The van der Waals surface area contributed by atoms with Gasteiger partial charge >= 0.3 is 6.18 Å². The van der Waals surface area contributed by atoms with Crippen LogP contribution in [0, 0.1) is 11.6 Å². The zero-order chi connectivity index (χ0) is 30.1. The molecule has 1 N–H and O–H groups in total. The predicted octanol–water partition coefficient (Wildman–Crippen LogP) is 6.10. The SMILES string of the molecule is CC(C)N1CC[C@H](O[C@H]2CCCC(F)(F)[C@@H]2NC(=O)Cc2ccnc(-c3cc(F)cc(F)c3)c2C(F)(F)F)[C@H](F)C1. The monoisotopic (exact) mass is 593 g/mol. The van der Waals surface area contributed by atoms with Crippen LogP contribution >= 0.6 is 0 Å². The Morgan fingerprint density at radius 3 is 2.44 bits per heavy atom. The van der Waals surface area contributed by atoms with E-state index in [1.54, 1.807) is 0 Å². The zero-order valence-corrected chi connectivity index (χ0v) is 22.5. The highest BCUT2D eigenvalue weighted by molar-refractivity contribution is 5.80. The Hall–Kier alpha value is -2.80. The number of nitrogens with one attached hydrogen (secondary N) is 1. The summed E-state index contributed by atoms with van der Waals surface area (Å²) in [5, 5.41) is 2.14.